The molecule has 1 aliphatic rings. The summed E-state index contributed by atoms with van der Waals surface area (Å²) in [6.07, 6.45) is 9.87. The maximum Gasteiger partial charge on any atom is 0.410 e. The van der Waals surface area contributed by atoms with Gasteiger partial charge in [0.25, 0.3) is 0 Å². The molecule has 0 radical (unpaired) electrons. The molecule has 2 atom stereocenters. The number of amides is 1. The Morgan fingerprint density at radius 1 is 1.00 bits per heavy atom. The molecule has 1 amide bonds. The van der Waals surface area contributed by atoms with E-state index in [1.165, 1.54) is 44.9 Å². The number of rotatable bonds is 7. The highest BCUT2D eigenvalue weighted by molar-refractivity contribution is 5.68. The second-order valence-electron chi connectivity index (χ2n) is 7.90. The Hall–Kier alpha value is -0.770. The number of nitrogens with zero attached hydrogens (tertiary/aromatic N) is 1. The molecule has 4 heteroatoms. The number of likely N-dealkylation sites (tertiary alicyclic amines) is 1. The molecular formula is C20H41NO3. The minimum Gasteiger partial charge on any atom is -0.444 e. The number of hydrogen-bond donors (Lipinski definition) is 0. The van der Waals surface area contributed by atoms with Crippen LogP contribution in [0.3, 0.4) is 0 Å². The van der Waals surface area contributed by atoms with E-state index in [1.54, 1.807) is 12.0 Å². The molecule has 1 saturated heterocycles. The van der Waals surface area contributed by atoms with Crippen molar-refractivity contribution < 1.29 is 14.3 Å². The van der Waals surface area contributed by atoms with E-state index in [2.05, 4.69) is 20.8 Å². The summed E-state index contributed by atoms with van der Waals surface area (Å²) in [6, 6.07) is 0. The molecule has 0 spiro atoms. The molecule has 0 saturated carbocycles. The van der Waals surface area contributed by atoms with E-state index in [4.69, 9.17) is 9.47 Å². The first-order valence-corrected chi connectivity index (χ1v) is 9.75. The summed E-state index contributed by atoms with van der Waals surface area (Å²) in [5, 5.41) is 0. The highest BCUT2D eigenvalue weighted by Crippen LogP contribution is 2.21. The van der Waals surface area contributed by atoms with Gasteiger partial charge in [0.1, 0.15) is 5.60 Å². The van der Waals surface area contributed by atoms with Crippen molar-refractivity contribution in [2.75, 3.05) is 20.2 Å². The standard InChI is InChI=1S/C11H21NO3.C9H20/c1-8-6-12(7-9(8)14-5)10(13)15-11(2,3)4;1-3-5-7-9-8-6-4-2/h8-9H,6-7H2,1-5H3;3-9H2,1-2H3. The van der Waals surface area contributed by atoms with Crippen LogP contribution in [0.5, 0.6) is 0 Å². The summed E-state index contributed by atoms with van der Waals surface area (Å²) in [7, 11) is 1.68. The van der Waals surface area contributed by atoms with Gasteiger partial charge in [-0.1, -0.05) is 65.7 Å². The van der Waals surface area contributed by atoms with Gasteiger partial charge in [0.2, 0.25) is 0 Å². The van der Waals surface area contributed by atoms with Crippen molar-refractivity contribution in [3.8, 4) is 0 Å². The first-order valence-electron chi connectivity index (χ1n) is 9.75. The van der Waals surface area contributed by atoms with Gasteiger partial charge in [0.05, 0.1) is 12.6 Å². The molecular weight excluding hydrogens is 302 g/mol. The third kappa shape index (κ3) is 10.9. The summed E-state index contributed by atoms with van der Waals surface area (Å²) >= 11 is 0. The average Bonchev–Trinajstić information content (AvgIpc) is 2.87. The quantitative estimate of drug-likeness (QED) is 0.561. The summed E-state index contributed by atoms with van der Waals surface area (Å²) in [4.78, 5) is 13.4. The van der Waals surface area contributed by atoms with Gasteiger partial charge in [-0.2, -0.15) is 0 Å². The fourth-order valence-electron chi connectivity index (χ4n) is 2.75. The molecule has 2 unspecified atom stereocenters. The fraction of sp³-hybridized carbons (Fsp3) is 0.950. The number of carbonyl (C=O) groups is 1. The molecule has 1 aliphatic heterocycles. The predicted octanol–water partition coefficient (Wildman–Crippen LogP) is 5.65. The van der Waals surface area contributed by atoms with Gasteiger partial charge in [-0.05, 0) is 20.8 Å². The minimum atomic E-state index is -0.425. The maximum atomic E-state index is 11.7. The molecule has 0 aromatic carbocycles. The molecule has 0 aromatic heterocycles. The zero-order chi connectivity index (χ0) is 18.6. The van der Waals surface area contributed by atoms with Crippen LogP contribution in [0.4, 0.5) is 4.79 Å². The second-order valence-corrected chi connectivity index (χ2v) is 7.90. The van der Waals surface area contributed by atoms with E-state index in [0.29, 0.717) is 19.0 Å². The molecule has 4 nitrogen and oxygen atoms in total. The van der Waals surface area contributed by atoms with Crippen LogP contribution in [-0.2, 0) is 9.47 Å². The first kappa shape index (κ1) is 23.2. The van der Waals surface area contributed by atoms with Crippen LogP contribution in [0.15, 0.2) is 0 Å². The van der Waals surface area contributed by atoms with Crippen molar-refractivity contribution in [3.63, 3.8) is 0 Å². The SMILES string of the molecule is CCCCCCCCC.COC1CN(C(=O)OC(C)(C)C)CC1C. The molecule has 24 heavy (non-hydrogen) atoms. The van der Waals surface area contributed by atoms with Crippen molar-refractivity contribution in [3.05, 3.63) is 0 Å². The van der Waals surface area contributed by atoms with Crippen LogP contribution >= 0.6 is 0 Å². The number of ether oxygens (including phenoxy) is 2. The molecule has 0 bridgehead atoms. The summed E-state index contributed by atoms with van der Waals surface area (Å²) in [6.45, 7) is 13.6. The normalized spacial score (nSPS) is 20.5. The predicted molar refractivity (Wildman–Crippen MR) is 101 cm³/mol. The van der Waals surface area contributed by atoms with Gasteiger partial charge in [0.15, 0.2) is 0 Å². The number of unbranched alkanes of at least 4 members (excludes halogenated alkanes) is 6. The van der Waals surface area contributed by atoms with Crippen molar-refractivity contribution >= 4 is 6.09 Å². The van der Waals surface area contributed by atoms with E-state index in [-0.39, 0.29) is 12.2 Å². The lowest BCUT2D eigenvalue weighted by Gasteiger charge is -2.24. The summed E-state index contributed by atoms with van der Waals surface area (Å²) in [5.74, 6) is 0.377. The fourth-order valence-corrected chi connectivity index (χ4v) is 2.75. The second kappa shape index (κ2) is 12.6. The minimum absolute atomic E-state index is 0.137. The molecule has 144 valence electrons. The Balaban J connectivity index is 0.000000506. The van der Waals surface area contributed by atoms with Crippen LogP contribution in [0.25, 0.3) is 0 Å². The molecule has 1 rings (SSSR count). The highest BCUT2D eigenvalue weighted by atomic mass is 16.6. The number of carbonyl (C=O) groups excluding carboxylic acids is 1. The van der Waals surface area contributed by atoms with Crippen LogP contribution in [0.2, 0.25) is 0 Å². The van der Waals surface area contributed by atoms with Crippen molar-refractivity contribution in [1.29, 1.82) is 0 Å². The number of hydrogen-bond acceptors (Lipinski definition) is 3. The van der Waals surface area contributed by atoms with Crippen LogP contribution in [0, 0.1) is 5.92 Å². The Kier molecular flexibility index (Phi) is 12.2. The first-order chi connectivity index (χ1) is 11.2. The Morgan fingerprint density at radius 3 is 1.88 bits per heavy atom. The zero-order valence-electron chi connectivity index (χ0n) is 17.2. The maximum absolute atomic E-state index is 11.7. The van der Waals surface area contributed by atoms with Crippen molar-refractivity contribution in [1.82, 2.24) is 4.90 Å². The van der Waals surface area contributed by atoms with E-state index in [9.17, 15) is 4.79 Å². The van der Waals surface area contributed by atoms with Crippen LogP contribution < -0.4 is 0 Å². The van der Waals surface area contributed by atoms with E-state index < -0.39 is 5.60 Å². The Labute approximate surface area is 150 Å². The van der Waals surface area contributed by atoms with Crippen molar-refractivity contribution in [2.24, 2.45) is 5.92 Å². The zero-order valence-corrected chi connectivity index (χ0v) is 17.2. The monoisotopic (exact) mass is 343 g/mol. The van der Waals surface area contributed by atoms with Gasteiger partial charge >= 0.3 is 6.09 Å². The molecule has 1 fully saturated rings. The van der Waals surface area contributed by atoms with Crippen LogP contribution in [0.1, 0.15) is 86.5 Å². The summed E-state index contributed by atoms with van der Waals surface area (Å²) in [5.41, 5.74) is -0.425. The smallest absolute Gasteiger partial charge is 0.410 e. The van der Waals surface area contributed by atoms with Gasteiger partial charge in [0, 0.05) is 19.6 Å². The average molecular weight is 344 g/mol. The third-order valence-corrected chi connectivity index (χ3v) is 4.20. The lowest BCUT2D eigenvalue weighted by Crippen LogP contribution is -2.36. The number of methoxy groups -OCH3 is 1. The molecule has 0 N–H and O–H groups in total. The van der Waals surface area contributed by atoms with E-state index in [1.807, 2.05) is 20.8 Å². The third-order valence-electron chi connectivity index (χ3n) is 4.20. The Morgan fingerprint density at radius 2 is 1.50 bits per heavy atom. The van der Waals surface area contributed by atoms with Crippen LogP contribution in [-0.4, -0.2) is 42.9 Å². The lowest BCUT2D eigenvalue weighted by molar-refractivity contribution is 0.0252. The van der Waals surface area contributed by atoms with E-state index >= 15 is 0 Å². The molecule has 0 aromatic rings. The Bertz CT molecular complexity index is 319. The van der Waals surface area contributed by atoms with E-state index in [0.717, 1.165) is 0 Å². The van der Waals surface area contributed by atoms with Gasteiger partial charge < -0.3 is 14.4 Å². The summed E-state index contributed by atoms with van der Waals surface area (Å²) < 4.78 is 10.6. The van der Waals surface area contributed by atoms with Gasteiger partial charge in [-0.3, -0.25) is 0 Å². The van der Waals surface area contributed by atoms with Crippen molar-refractivity contribution in [2.45, 2.75) is 98.2 Å². The topological polar surface area (TPSA) is 38.8 Å². The lowest BCUT2D eigenvalue weighted by atomic mass is 10.1. The molecule has 0 aliphatic carbocycles. The van der Waals surface area contributed by atoms with Gasteiger partial charge in [-0.15, -0.1) is 0 Å². The largest absolute Gasteiger partial charge is 0.444 e. The highest BCUT2D eigenvalue weighted by Gasteiger charge is 2.34. The molecule has 1 heterocycles. The van der Waals surface area contributed by atoms with Gasteiger partial charge in [-0.25, -0.2) is 4.79 Å².